The smallest absolute Gasteiger partial charge is 0.363 e. The summed E-state index contributed by atoms with van der Waals surface area (Å²) in [6.45, 7) is 1.29. The zero-order valence-electron chi connectivity index (χ0n) is 15.2. The first-order valence-electron chi connectivity index (χ1n) is 8.12. The van der Waals surface area contributed by atoms with Crippen molar-refractivity contribution in [2.45, 2.75) is 6.92 Å². The van der Waals surface area contributed by atoms with Gasteiger partial charge in [0.15, 0.2) is 17.2 Å². The molecule has 2 aromatic rings. The van der Waals surface area contributed by atoms with Gasteiger partial charge in [-0.2, -0.15) is 0 Å². The quantitative estimate of drug-likeness (QED) is 0.152. The summed E-state index contributed by atoms with van der Waals surface area (Å²) >= 11 is 1.99. The average molecular weight is 508 g/mol. The number of methoxy groups -OCH3 is 1. The summed E-state index contributed by atoms with van der Waals surface area (Å²) in [5, 5.41) is 10.7. The Bertz CT molecular complexity index is 1070. The Kier molecular flexibility index (Phi) is 5.92. The predicted octanol–water partition coefficient (Wildman–Crippen LogP) is 3.48. The van der Waals surface area contributed by atoms with Crippen molar-refractivity contribution in [3.8, 4) is 11.5 Å². The van der Waals surface area contributed by atoms with Gasteiger partial charge in [-0.3, -0.25) is 14.9 Å². The Morgan fingerprint density at radius 3 is 2.55 bits per heavy atom. The maximum Gasteiger partial charge on any atom is 0.363 e. The summed E-state index contributed by atoms with van der Waals surface area (Å²) in [7, 11) is 1.43. The Morgan fingerprint density at radius 1 is 1.28 bits per heavy atom. The van der Waals surface area contributed by atoms with Gasteiger partial charge in [-0.15, -0.1) is 0 Å². The minimum absolute atomic E-state index is 0.0503. The van der Waals surface area contributed by atoms with Gasteiger partial charge >= 0.3 is 11.9 Å². The van der Waals surface area contributed by atoms with Gasteiger partial charge in [0, 0.05) is 24.6 Å². The fourth-order valence-electron chi connectivity index (χ4n) is 2.48. The van der Waals surface area contributed by atoms with E-state index in [2.05, 4.69) is 4.99 Å². The minimum atomic E-state index is -0.656. The molecular formula is C19H13IN2O7. The summed E-state index contributed by atoms with van der Waals surface area (Å²) in [6, 6.07) is 8.80. The van der Waals surface area contributed by atoms with Gasteiger partial charge in [-0.05, 0) is 58.5 Å². The zero-order chi connectivity index (χ0) is 21.1. The first kappa shape index (κ1) is 20.5. The van der Waals surface area contributed by atoms with E-state index in [4.69, 9.17) is 14.2 Å². The second-order valence-electron chi connectivity index (χ2n) is 5.77. The van der Waals surface area contributed by atoms with Gasteiger partial charge in [-0.25, -0.2) is 9.79 Å². The van der Waals surface area contributed by atoms with Crippen LogP contribution >= 0.6 is 22.6 Å². The molecule has 0 unspecified atom stereocenters. The molecule has 0 amide bonds. The number of esters is 2. The van der Waals surface area contributed by atoms with Crippen LogP contribution < -0.4 is 9.47 Å². The molecule has 1 aliphatic rings. The van der Waals surface area contributed by atoms with E-state index < -0.39 is 16.9 Å². The summed E-state index contributed by atoms with van der Waals surface area (Å²) < 4.78 is 16.2. The number of rotatable bonds is 5. The van der Waals surface area contributed by atoms with Crippen molar-refractivity contribution in [1.82, 2.24) is 0 Å². The highest BCUT2D eigenvalue weighted by Gasteiger charge is 2.25. The molecule has 0 atom stereocenters. The van der Waals surface area contributed by atoms with Gasteiger partial charge in [0.25, 0.3) is 5.69 Å². The molecule has 3 rings (SSSR count). The standard InChI is InChI=1S/C19H13IN2O7/c1-10(23)28-17-14(20)7-11(9-16(17)27-2)8-15-19(24)29-18(21-15)12-3-5-13(6-4-12)22(25)26/h3-9H,1-2H3/b15-8-. The molecule has 10 heteroatoms. The number of aliphatic imine (C=N–C) groups is 1. The number of benzene rings is 2. The van der Waals surface area contributed by atoms with Gasteiger partial charge in [0.2, 0.25) is 5.90 Å². The largest absolute Gasteiger partial charge is 0.493 e. The molecule has 0 saturated carbocycles. The summed E-state index contributed by atoms with van der Waals surface area (Å²) in [4.78, 5) is 37.8. The van der Waals surface area contributed by atoms with Gasteiger partial charge in [0.1, 0.15) is 0 Å². The van der Waals surface area contributed by atoms with E-state index in [1.54, 1.807) is 12.1 Å². The Labute approximate surface area is 178 Å². The first-order valence-corrected chi connectivity index (χ1v) is 9.19. The highest BCUT2D eigenvalue weighted by molar-refractivity contribution is 14.1. The number of halogens is 1. The van der Waals surface area contributed by atoms with Crippen LogP contribution in [0.15, 0.2) is 47.1 Å². The van der Waals surface area contributed by atoms with Crippen LogP contribution in [0.5, 0.6) is 11.5 Å². The average Bonchev–Trinajstić information content (AvgIpc) is 3.04. The van der Waals surface area contributed by atoms with E-state index in [1.807, 2.05) is 22.6 Å². The van der Waals surface area contributed by atoms with E-state index in [0.29, 0.717) is 20.4 Å². The number of nitrogens with zero attached hydrogens (tertiary/aromatic N) is 2. The molecule has 0 fully saturated rings. The summed E-state index contributed by atoms with van der Waals surface area (Å²) in [6.07, 6.45) is 1.50. The molecule has 0 radical (unpaired) electrons. The SMILES string of the molecule is COc1cc(/C=C2\N=C(c3ccc([N+](=O)[O-])cc3)OC2=O)cc(I)c1OC(C)=O. The lowest BCUT2D eigenvalue weighted by Gasteiger charge is -2.11. The van der Waals surface area contributed by atoms with E-state index in [9.17, 15) is 19.7 Å². The molecule has 0 saturated heterocycles. The highest BCUT2D eigenvalue weighted by Crippen LogP contribution is 2.35. The van der Waals surface area contributed by atoms with Crippen LogP contribution in [0.25, 0.3) is 6.08 Å². The molecule has 0 N–H and O–H groups in total. The number of non-ortho nitro benzene ring substituents is 1. The first-order chi connectivity index (χ1) is 13.8. The second-order valence-corrected chi connectivity index (χ2v) is 6.93. The van der Waals surface area contributed by atoms with Crippen molar-refractivity contribution in [2.75, 3.05) is 7.11 Å². The number of nitro benzene ring substituents is 1. The van der Waals surface area contributed by atoms with Crippen molar-refractivity contribution >= 4 is 52.2 Å². The predicted molar refractivity (Wildman–Crippen MR) is 111 cm³/mol. The van der Waals surface area contributed by atoms with Crippen LogP contribution in [-0.4, -0.2) is 29.9 Å². The van der Waals surface area contributed by atoms with Gasteiger partial charge < -0.3 is 14.2 Å². The third-order valence-corrected chi connectivity index (χ3v) is 4.55. The number of carbonyl (C=O) groups is 2. The van der Waals surface area contributed by atoms with Crippen LogP contribution in [0.3, 0.4) is 0 Å². The molecule has 0 spiro atoms. The van der Waals surface area contributed by atoms with E-state index >= 15 is 0 Å². The Morgan fingerprint density at radius 2 is 1.97 bits per heavy atom. The summed E-state index contributed by atoms with van der Waals surface area (Å²) in [5.41, 5.74) is 0.993. The van der Waals surface area contributed by atoms with Gasteiger partial charge in [0.05, 0.1) is 15.6 Å². The van der Waals surface area contributed by atoms with Crippen LogP contribution in [0.1, 0.15) is 18.1 Å². The van der Waals surface area contributed by atoms with Gasteiger partial charge in [-0.1, -0.05) is 0 Å². The number of carbonyl (C=O) groups excluding carboxylic acids is 2. The third-order valence-electron chi connectivity index (χ3n) is 3.75. The van der Waals surface area contributed by atoms with Crippen LogP contribution in [-0.2, 0) is 14.3 Å². The molecule has 1 heterocycles. The number of cyclic esters (lactones) is 1. The molecule has 148 valence electrons. The monoisotopic (exact) mass is 508 g/mol. The van der Waals surface area contributed by atoms with Crippen molar-refractivity contribution in [1.29, 1.82) is 0 Å². The Hall–Kier alpha value is -3.28. The molecule has 9 nitrogen and oxygen atoms in total. The lowest BCUT2D eigenvalue weighted by molar-refractivity contribution is -0.384. The fourth-order valence-corrected chi connectivity index (χ4v) is 3.22. The number of hydrogen-bond acceptors (Lipinski definition) is 8. The number of ether oxygens (including phenoxy) is 3. The second kappa shape index (κ2) is 8.39. The Balaban J connectivity index is 1.93. The maximum atomic E-state index is 12.2. The fraction of sp³-hybridized carbons (Fsp3) is 0.105. The third kappa shape index (κ3) is 4.59. The van der Waals surface area contributed by atoms with E-state index in [1.165, 1.54) is 44.4 Å². The molecule has 0 aromatic heterocycles. The van der Waals surface area contributed by atoms with E-state index in [-0.39, 0.29) is 23.0 Å². The van der Waals surface area contributed by atoms with Crippen LogP contribution in [0.4, 0.5) is 5.69 Å². The molecule has 0 aliphatic carbocycles. The molecule has 29 heavy (non-hydrogen) atoms. The molecule has 2 aromatic carbocycles. The van der Waals surface area contributed by atoms with Crippen LogP contribution in [0.2, 0.25) is 0 Å². The lowest BCUT2D eigenvalue weighted by Crippen LogP contribution is -2.06. The lowest BCUT2D eigenvalue weighted by atomic mass is 10.1. The number of nitro groups is 1. The van der Waals surface area contributed by atoms with Crippen molar-refractivity contribution in [3.63, 3.8) is 0 Å². The van der Waals surface area contributed by atoms with Crippen molar-refractivity contribution in [3.05, 3.63) is 66.9 Å². The van der Waals surface area contributed by atoms with Crippen molar-refractivity contribution < 1.29 is 28.7 Å². The number of hydrogen-bond donors (Lipinski definition) is 0. The maximum absolute atomic E-state index is 12.2. The van der Waals surface area contributed by atoms with Crippen molar-refractivity contribution in [2.24, 2.45) is 4.99 Å². The zero-order valence-corrected chi connectivity index (χ0v) is 17.3. The topological polar surface area (TPSA) is 117 Å². The summed E-state index contributed by atoms with van der Waals surface area (Å²) in [5.74, 6) is -0.480. The molecule has 0 bridgehead atoms. The highest BCUT2D eigenvalue weighted by atomic mass is 127. The molecule has 1 aliphatic heterocycles. The van der Waals surface area contributed by atoms with E-state index in [0.717, 1.165) is 0 Å². The normalized spacial score (nSPS) is 14.4. The van der Waals surface area contributed by atoms with Crippen LogP contribution in [0, 0.1) is 13.7 Å². The molecular weight excluding hydrogens is 495 g/mol. The minimum Gasteiger partial charge on any atom is -0.493 e.